The standard InChI is InChI=1S/C28H22BrF3N2O9/c1-9-11-3-2-4-15(35)18(11)21(37)20-17(9)22(13-8-16(36)19(25(33)40)23(38)27(13,42)24(20)39)43-26(41)34-14-6-5-10(29)7-12(14)28(30,31)32/h2-7,9,13,17,22,35,37-38,42H,8H2,1H3,(H2,33,40)(H,34,41)/t9-,13+,17+,22+,27+/m0/s1. The molecule has 1 fully saturated rings. The second-order valence-corrected chi connectivity index (χ2v) is 11.3. The minimum absolute atomic E-state index is 0.0611. The number of alkyl halides is 3. The summed E-state index contributed by atoms with van der Waals surface area (Å²) in [4.78, 5) is 51.9. The SMILES string of the molecule is C[C@H]1c2cccc(O)c2C(O)=C2C(=O)[C@]3(O)C(O)=C(C(N)=O)C(=O)C[C@@H]3[C@@H](OC(=O)Nc3ccc(Br)cc3C(F)(F)F)[C@@H]21. The first-order chi connectivity index (χ1) is 20.0. The Morgan fingerprint density at radius 3 is 2.44 bits per heavy atom. The van der Waals surface area contributed by atoms with Crippen molar-refractivity contribution in [2.45, 2.75) is 37.1 Å². The first-order valence-electron chi connectivity index (χ1n) is 12.6. The van der Waals surface area contributed by atoms with Gasteiger partial charge in [0.05, 0.1) is 16.8 Å². The van der Waals surface area contributed by atoms with E-state index in [9.17, 15) is 52.8 Å². The van der Waals surface area contributed by atoms with Gasteiger partial charge in [-0.05, 0) is 35.7 Å². The number of aliphatic hydroxyl groups is 3. The average Bonchev–Trinajstić information content (AvgIpc) is 2.90. The van der Waals surface area contributed by atoms with E-state index in [1.165, 1.54) is 31.2 Å². The van der Waals surface area contributed by atoms with Crippen LogP contribution in [0.25, 0.3) is 5.76 Å². The normalized spacial score (nSPS) is 26.8. The molecule has 0 aromatic heterocycles. The number of aliphatic hydroxyl groups excluding tert-OH is 2. The van der Waals surface area contributed by atoms with Gasteiger partial charge in [-0.1, -0.05) is 35.0 Å². The highest BCUT2D eigenvalue weighted by Gasteiger charge is 2.66. The number of ether oxygens (including phenoxy) is 1. The molecule has 7 N–H and O–H groups in total. The molecule has 0 aliphatic heterocycles. The summed E-state index contributed by atoms with van der Waals surface area (Å²) >= 11 is 2.94. The number of nitrogens with two attached hydrogens (primary N) is 1. The molecule has 0 saturated heterocycles. The van der Waals surface area contributed by atoms with Gasteiger partial charge in [0, 0.05) is 28.3 Å². The molecule has 2 amide bonds. The number of carbonyl (C=O) groups excluding carboxylic acids is 4. The van der Waals surface area contributed by atoms with Gasteiger partial charge in [0.1, 0.15) is 28.9 Å². The molecule has 3 aliphatic rings. The topological polar surface area (TPSA) is 196 Å². The third-order valence-electron chi connectivity index (χ3n) is 8.10. The Morgan fingerprint density at radius 2 is 1.81 bits per heavy atom. The number of phenols is 1. The molecule has 0 heterocycles. The van der Waals surface area contributed by atoms with Crippen LogP contribution in [0.2, 0.25) is 0 Å². The number of nitrogens with one attached hydrogen (secondary N) is 1. The average molecular weight is 667 g/mol. The maximum absolute atomic E-state index is 13.9. The van der Waals surface area contributed by atoms with E-state index in [1.54, 1.807) is 0 Å². The van der Waals surface area contributed by atoms with Crippen LogP contribution in [-0.2, 0) is 25.3 Å². The fourth-order valence-electron chi connectivity index (χ4n) is 6.20. The van der Waals surface area contributed by atoms with Crippen LogP contribution in [0.4, 0.5) is 23.7 Å². The second kappa shape index (κ2) is 10.1. The lowest BCUT2D eigenvalue weighted by molar-refractivity contribution is -0.160. The van der Waals surface area contributed by atoms with Gasteiger partial charge in [0.25, 0.3) is 5.91 Å². The predicted octanol–water partition coefficient (Wildman–Crippen LogP) is 3.99. The Balaban J connectivity index is 1.67. The van der Waals surface area contributed by atoms with E-state index in [4.69, 9.17) is 10.5 Å². The fourth-order valence-corrected chi connectivity index (χ4v) is 6.57. The second-order valence-electron chi connectivity index (χ2n) is 10.4. The summed E-state index contributed by atoms with van der Waals surface area (Å²) in [5.74, 6) is -10.6. The Morgan fingerprint density at radius 1 is 1.14 bits per heavy atom. The van der Waals surface area contributed by atoms with Gasteiger partial charge < -0.3 is 30.9 Å². The first kappa shape index (κ1) is 30.1. The van der Waals surface area contributed by atoms with Gasteiger partial charge in [-0.3, -0.25) is 19.7 Å². The summed E-state index contributed by atoms with van der Waals surface area (Å²) < 4.78 is 46.7. The molecule has 0 bridgehead atoms. The molecule has 226 valence electrons. The molecule has 43 heavy (non-hydrogen) atoms. The minimum atomic E-state index is -4.90. The van der Waals surface area contributed by atoms with Crippen LogP contribution in [0.3, 0.4) is 0 Å². The highest BCUT2D eigenvalue weighted by Crippen LogP contribution is 2.56. The zero-order valence-electron chi connectivity index (χ0n) is 21.9. The minimum Gasteiger partial charge on any atom is -0.508 e. The number of amides is 2. The number of ketones is 2. The van der Waals surface area contributed by atoms with Gasteiger partial charge in [-0.2, -0.15) is 13.2 Å². The number of primary amides is 1. The van der Waals surface area contributed by atoms with Crippen LogP contribution < -0.4 is 11.1 Å². The summed E-state index contributed by atoms with van der Waals surface area (Å²) in [5.41, 5.74) is -1.44. The molecule has 5 atom stereocenters. The summed E-state index contributed by atoms with van der Waals surface area (Å²) in [6, 6.07) is 7.05. The van der Waals surface area contributed by atoms with Crippen molar-refractivity contribution in [3.8, 4) is 5.75 Å². The Bertz CT molecular complexity index is 1690. The first-order valence-corrected chi connectivity index (χ1v) is 13.4. The third-order valence-corrected chi connectivity index (χ3v) is 8.60. The number of anilines is 1. The van der Waals surface area contributed by atoms with E-state index < -0.39 is 105 Å². The van der Waals surface area contributed by atoms with Crippen LogP contribution in [0.1, 0.15) is 36.0 Å². The number of rotatable bonds is 3. The number of halogens is 4. The maximum atomic E-state index is 13.9. The van der Waals surface area contributed by atoms with Crippen molar-refractivity contribution in [3.63, 3.8) is 0 Å². The zero-order valence-corrected chi connectivity index (χ0v) is 23.5. The lowest BCUT2D eigenvalue weighted by atomic mass is 9.55. The number of fused-ring (bicyclic) bond motifs is 3. The highest BCUT2D eigenvalue weighted by molar-refractivity contribution is 9.10. The molecule has 0 radical (unpaired) electrons. The number of benzene rings is 2. The molecular formula is C28H22BrF3N2O9. The van der Waals surface area contributed by atoms with Crippen molar-refractivity contribution < 1.29 is 57.5 Å². The highest BCUT2D eigenvalue weighted by atomic mass is 79.9. The van der Waals surface area contributed by atoms with Gasteiger partial charge in [0.2, 0.25) is 5.78 Å². The lowest BCUT2D eigenvalue weighted by Gasteiger charge is -2.51. The summed E-state index contributed by atoms with van der Waals surface area (Å²) in [7, 11) is 0. The predicted molar refractivity (Wildman–Crippen MR) is 145 cm³/mol. The van der Waals surface area contributed by atoms with Gasteiger partial charge >= 0.3 is 12.3 Å². The smallest absolute Gasteiger partial charge is 0.418 e. The fraction of sp³-hybridized carbons (Fsp3) is 0.286. The van der Waals surface area contributed by atoms with E-state index in [-0.39, 0.29) is 15.6 Å². The van der Waals surface area contributed by atoms with Gasteiger partial charge in [0.15, 0.2) is 11.4 Å². The summed E-state index contributed by atoms with van der Waals surface area (Å²) in [6.45, 7) is 1.53. The van der Waals surface area contributed by atoms with E-state index in [2.05, 4.69) is 15.9 Å². The van der Waals surface area contributed by atoms with Crippen molar-refractivity contribution in [1.82, 2.24) is 0 Å². The van der Waals surface area contributed by atoms with Crippen molar-refractivity contribution in [3.05, 3.63) is 74.5 Å². The van der Waals surface area contributed by atoms with E-state index in [1.807, 2.05) is 5.32 Å². The van der Waals surface area contributed by atoms with Crippen molar-refractivity contribution in [2.24, 2.45) is 17.6 Å². The van der Waals surface area contributed by atoms with Crippen LogP contribution in [0, 0.1) is 11.8 Å². The number of hydrogen-bond acceptors (Lipinski definition) is 9. The number of aromatic hydroxyl groups is 1. The van der Waals surface area contributed by atoms with Crippen molar-refractivity contribution in [2.75, 3.05) is 5.32 Å². The van der Waals surface area contributed by atoms with E-state index >= 15 is 0 Å². The molecule has 1 saturated carbocycles. The number of hydrogen-bond donors (Lipinski definition) is 6. The zero-order chi connectivity index (χ0) is 31.8. The molecule has 11 nitrogen and oxygen atoms in total. The van der Waals surface area contributed by atoms with E-state index in [0.29, 0.717) is 6.07 Å². The maximum Gasteiger partial charge on any atom is 0.418 e. The molecule has 3 aliphatic carbocycles. The van der Waals surface area contributed by atoms with Crippen molar-refractivity contribution >= 4 is 50.9 Å². The Hall–Kier alpha value is -4.37. The molecule has 15 heteroatoms. The van der Waals surface area contributed by atoms with Crippen LogP contribution in [0.15, 0.2) is 57.8 Å². The van der Waals surface area contributed by atoms with Gasteiger partial charge in [-0.15, -0.1) is 0 Å². The molecule has 0 spiro atoms. The van der Waals surface area contributed by atoms with Crippen molar-refractivity contribution in [1.29, 1.82) is 0 Å². The summed E-state index contributed by atoms with van der Waals surface area (Å²) in [6.07, 6.45) is -8.99. The Kier molecular flexibility index (Phi) is 7.08. The monoisotopic (exact) mass is 666 g/mol. The third kappa shape index (κ3) is 4.54. The quantitative estimate of drug-likeness (QED) is 0.262. The lowest BCUT2D eigenvalue weighted by Crippen LogP contribution is -2.64. The van der Waals surface area contributed by atoms with Gasteiger partial charge in [-0.25, -0.2) is 4.79 Å². The molecular weight excluding hydrogens is 645 g/mol. The largest absolute Gasteiger partial charge is 0.508 e. The molecule has 5 rings (SSSR count). The molecule has 2 aromatic rings. The Labute approximate surface area is 248 Å². The number of Topliss-reactive ketones (excluding diaryl/α,β-unsaturated/α-hetero) is 2. The van der Waals surface area contributed by atoms with Crippen LogP contribution in [-0.4, -0.2) is 55.7 Å². The van der Waals surface area contributed by atoms with Crippen LogP contribution in [0.5, 0.6) is 5.75 Å². The van der Waals surface area contributed by atoms with Crippen LogP contribution >= 0.6 is 15.9 Å². The molecule has 0 unspecified atom stereocenters. The number of phenolic OH excluding ortho intramolecular Hbond substituents is 1. The molecule has 2 aromatic carbocycles. The summed E-state index contributed by atoms with van der Waals surface area (Å²) in [5, 5.41) is 46.3. The number of carbonyl (C=O) groups is 4. The van der Waals surface area contributed by atoms with E-state index in [0.717, 1.165) is 6.07 Å².